The second-order valence-corrected chi connectivity index (χ2v) is 11.5. The Morgan fingerprint density at radius 2 is 1.24 bits per heavy atom. The Morgan fingerprint density at radius 1 is 0.833 bits per heavy atom. The van der Waals surface area contributed by atoms with Crippen LogP contribution in [0.4, 0.5) is 0 Å². The molecule has 0 bridgehead atoms. The second kappa shape index (κ2) is 31.6. The van der Waals surface area contributed by atoms with Gasteiger partial charge in [-0.3, -0.25) is 4.79 Å². The van der Waals surface area contributed by atoms with Crippen LogP contribution in [-0.4, -0.2) is 17.4 Å². The predicted molar refractivity (Wildman–Crippen MR) is 195 cm³/mol. The number of amides is 1. The molecule has 4 heteroatoms. The van der Waals surface area contributed by atoms with Crippen LogP contribution in [0.15, 0.2) is 93.1 Å². The summed E-state index contributed by atoms with van der Waals surface area (Å²) in [7, 11) is 0. The van der Waals surface area contributed by atoms with E-state index in [2.05, 4.69) is 86.3 Å². The van der Waals surface area contributed by atoms with E-state index in [1.54, 1.807) is 0 Å². The van der Waals surface area contributed by atoms with Crippen molar-refractivity contribution in [3.8, 4) is 0 Å². The second-order valence-electron chi connectivity index (χ2n) is 10.6. The monoisotopic (exact) mass is 619 g/mol. The van der Waals surface area contributed by atoms with Crippen LogP contribution in [0.2, 0.25) is 10.0 Å². The van der Waals surface area contributed by atoms with Crippen molar-refractivity contribution in [2.45, 2.75) is 101 Å². The van der Waals surface area contributed by atoms with Gasteiger partial charge in [0.1, 0.15) is 0 Å². The fourth-order valence-electron chi connectivity index (χ4n) is 3.69. The molecule has 1 aliphatic heterocycles. The normalized spacial score (nSPS) is 14.7. The van der Waals surface area contributed by atoms with Gasteiger partial charge in [0, 0.05) is 22.5 Å². The number of rotatable bonds is 5. The highest BCUT2D eigenvalue weighted by molar-refractivity contribution is 6.30. The van der Waals surface area contributed by atoms with Crippen LogP contribution in [-0.2, 0) is 4.79 Å². The smallest absolute Gasteiger partial charge is 0.226 e. The van der Waals surface area contributed by atoms with Gasteiger partial charge >= 0.3 is 0 Å². The van der Waals surface area contributed by atoms with E-state index < -0.39 is 0 Å². The molecule has 0 saturated carbocycles. The first kappa shape index (κ1) is 46.7. The number of nitrogens with zero attached hydrogens (tertiary/aromatic N) is 1. The molecule has 1 heterocycles. The summed E-state index contributed by atoms with van der Waals surface area (Å²) in [6.07, 6.45) is 4.01. The minimum atomic E-state index is 0.0970. The summed E-state index contributed by atoms with van der Waals surface area (Å²) in [5.41, 5.74) is 2.28. The first-order valence-electron chi connectivity index (χ1n) is 15.3. The van der Waals surface area contributed by atoms with Crippen LogP contribution in [0.1, 0.15) is 107 Å². The van der Waals surface area contributed by atoms with Gasteiger partial charge < -0.3 is 4.90 Å². The van der Waals surface area contributed by atoms with E-state index in [0.29, 0.717) is 5.92 Å². The lowest BCUT2D eigenvalue weighted by Crippen LogP contribution is -2.45. The van der Waals surface area contributed by atoms with Crippen LogP contribution < -0.4 is 0 Å². The number of hydrogen-bond donors (Lipinski definition) is 0. The molecule has 1 saturated heterocycles. The number of hydrogen-bond acceptors (Lipinski definition) is 1. The molecule has 42 heavy (non-hydrogen) atoms. The molecule has 2 aromatic rings. The highest BCUT2D eigenvalue weighted by Gasteiger charge is 2.35. The third kappa shape index (κ3) is 25.4. The molecule has 1 amide bonds. The maximum Gasteiger partial charge on any atom is 0.226 e. The first-order chi connectivity index (χ1) is 19.9. The van der Waals surface area contributed by atoms with Gasteiger partial charge in [-0.2, -0.15) is 0 Å². The molecule has 0 aliphatic carbocycles. The van der Waals surface area contributed by atoms with Crippen LogP contribution in [0.3, 0.4) is 0 Å². The Labute approximate surface area is 271 Å². The van der Waals surface area contributed by atoms with Crippen molar-refractivity contribution in [1.29, 1.82) is 0 Å². The van der Waals surface area contributed by atoms with Gasteiger partial charge in [-0.25, -0.2) is 0 Å². The molecule has 1 fully saturated rings. The highest BCUT2D eigenvalue weighted by atomic mass is 35.5. The number of allylic oxidation sites excluding steroid dienone is 1. The fourth-order valence-corrected chi connectivity index (χ4v) is 3.96. The van der Waals surface area contributed by atoms with Crippen molar-refractivity contribution < 1.29 is 4.79 Å². The number of benzene rings is 2. The zero-order valence-corrected chi connectivity index (χ0v) is 30.2. The molecule has 2 aromatic carbocycles. The van der Waals surface area contributed by atoms with Crippen molar-refractivity contribution >= 4 is 29.1 Å². The maximum atomic E-state index is 12.9. The molecule has 2 nitrogen and oxygen atoms in total. The van der Waals surface area contributed by atoms with Gasteiger partial charge in [0.05, 0.1) is 6.04 Å². The zero-order valence-electron chi connectivity index (χ0n) is 28.7. The van der Waals surface area contributed by atoms with Crippen LogP contribution >= 0.6 is 23.2 Å². The lowest BCUT2D eigenvalue weighted by molar-refractivity contribution is -0.142. The topological polar surface area (TPSA) is 20.3 Å². The van der Waals surface area contributed by atoms with E-state index >= 15 is 0 Å². The van der Waals surface area contributed by atoms with Crippen LogP contribution in [0, 0.1) is 17.8 Å². The number of piperidine rings is 1. The Balaban J connectivity index is -0.000000295. The number of halogens is 2. The lowest BCUT2D eigenvalue weighted by atomic mass is 9.84. The summed E-state index contributed by atoms with van der Waals surface area (Å²) in [5.74, 6) is 1.67. The summed E-state index contributed by atoms with van der Waals surface area (Å²) in [5, 5.41) is 1.53. The van der Waals surface area contributed by atoms with E-state index in [1.165, 1.54) is 12.0 Å². The van der Waals surface area contributed by atoms with E-state index in [9.17, 15) is 4.79 Å². The lowest BCUT2D eigenvalue weighted by Gasteiger charge is -2.41. The quantitative estimate of drug-likeness (QED) is 0.305. The molecule has 0 N–H and O–H groups in total. The van der Waals surface area contributed by atoms with Crippen molar-refractivity contribution in [3.63, 3.8) is 0 Å². The molecule has 2 atom stereocenters. The summed E-state index contributed by atoms with van der Waals surface area (Å²) >= 11 is 11.5. The molecule has 3 rings (SSSR count). The van der Waals surface area contributed by atoms with E-state index in [-0.39, 0.29) is 17.9 Å². The first-order valence-corrected chi connectivity index (χ1v) is 16.1. The molecule has 2 unspecified atom stereocenters. The average Bonchev–Trinajstić information content (AvgIpc) is 2.95. The molecular formula is C38H63Cl2NO. The molecule has 240 valence electrons. The van der Waals surface area contributed by atoms with Gasteiger partial charge in [-0.1, -0.05) is 128 Å². The van der Waals surface area contributed by atoms with E-state index in [4.69, 9.17) is 23.2 Å². The molecular weight excluding hydrogens is 557 g/mol. The number of carbonyl (C=O) groups excluding carboxylic acids is 1. The molecule has 0 radical (unpaired) electrons. The number of carbonyl (C=O) groups is 1. The van der Waals surface area contributed by atoms with E-state index in [0.717, 1.165) is 47.3 Å². The summed E-state index contributed by atoms with van der Waals surface area (Å²) in [6, 6.07) is 17.5. The Bertz CT molecular complexity index is 873. The van der Waals surface area contributed by atoms with Gasteiger partial charge in [0.15, 0.2) is 0 Å². The van der Waals surface area contributed by atoms with Crippen molar-refractivity contribution in [1.82, 2.24) is 4.90 Å². The Hall–Kier alpha value is -2.29. The average molecular weight is 621 g/mol. The highest BCUT2D eigenvalue weighted by Crippen LogP contribution is 2.37. The molecule has 0 spiro atoms. The summed E-state index contributed by atoms with van der Waals surface area (Å²) in [6.45, 7) is 37.9. The molecule has 0 aromatic heterocycles. The largest absolute Gasteiger partial charge is 0.335 e. The van der Waals surface area contributed by atoms with Crippen molar-refractivity contribution in [2.75, 3.05) is 6.54 Å². The summed E-state index contributed by atoms with van der Waals surface area (Å²) < 4.78 is 0. The zero-order chi connectivity index (χ0) is 33.7. The van der Waals surface area contributed by atoms with Crippen LogP contribution in [0.25, 0.3) is 0 Å². The Morgan fingerprint density at radius 3 is 1.57 bits per heavy atom. The fraction of sp³-hybridized carbons (Fsp3) is 0.500. The third-order valence-electron chi connectivity index (χ3n) is 4.94. The Kier molecular flexibility index (Phi) is 35.2. The standard InChI is InChI=1S/C19H26ClNO.C6H5Cl.C4H10.C3H8.C2H6.2C2H4/c1-13(2)11-16-7-10-18(15-5-8-17(20)9-6-15)21(19(16)22)12-14(3)4;7-6-4-2-1-3-5-6;1-4(2)3;1-3-2;3*1-2/h5-6,8-9,14,16,18H,1,7,10-12H2,2-4H3;1-5H;4H,1-3H3;3H2,1-2H3;1-2H3;2*1-2H2. The summed E-state index contributed by atoms with van der Waals surface area (Å²) in [4.78, 5) is 15.0. The van der Waals surface area contributed by atoms with Crippen molar-refractivity contribution in [3.05, 3.63) is 109 Å². The van der Waals surface area contributed by atoms with Gasteiger partial charge in [-0.15, -0.1) is 32.9 Å². The number of likely N-dealkylation sites (tertiary alicyclic amines) is 1. The maximum absolute atomic E-state index is 12.9. The third-order valence-corrected chi connectivity index (χ3v) is 5.45. The van der Waals surface area contributed by atoms with Gasteiger partial charge in [0.2, 0.25) is 5.91 Å². The minimum Gasteiger partial charge on any atom is -0.335 e. The van der Waals surface area contributed by atoms with Gasteiger partial charge in [0.25, 0.3) is 0 Å². The van der Waals surface area contributed by atoms with Gasteiger partial charge in [-0.05, 0) is 67.9 Å². The predicted octanol–water partition coefficient (Wildman–Crippen LogP) is 13.3. The van der Waals surface area contributed by atoms with Crippen LogP contribution in [0.5, 0.6) is 0 Å². The van der Waals surface area contributed by atoms with E-state index in [1.807, 2.05) is 75.4 Å². The SMILES string of the molecule is C=C.C=C.C=C(C)CC1CCC(c2ccc(Cl)cc2)N(CC(C)C)C1=O.CC.CC(C)C.CCC.Clc1ccccc1. The minimum absolute atomic E-state index is 0.0970. The molecule has 1 aliphatic rings. The van der Waals surface area contributed by atoms with Crippen molar-refractivity contribution in [2.24, 2.45) is 17.8 Å².